The Hall–Kier alpha value is -3.76. The van der Waals surface area contributed by atoms with Crippen LogP contribution in [0.3, 0.4) is 0 Å². The van der Waals surface area contributed by atoms with Crippen LogP contribution in [-0.2, 0) is 4.79 Å². The number of pyridine rings is 1. The maximum absolute atomic E-state index is 13.3. The Morgan fingerprint density at radius 3 is 2.59 bits per heavy atom. The van der Waals surface area contributed by atoms with Crippen molar-refractivity contribution in [2.75, 3.05) is 30.8 Å². The second kappa shape index (κ2) is 8.88. The zero-order valence-electron chi connectivity index (χ0n) is 18.5. The van der Waals surface area contributed by atoms with Gasteiger partial charge in [0.1, 0.15) is 17.1 Å². The number of hydrogen-bond donors (Lipinski definition) is 3. The molecular weight excluding hydrogens is 446 g/mol. The van der Waals surface area contributed by atoms with Gasteiger partial charge in [-0.1, -0.05) is 0 Å². The first-order valence-corrected chi connectivity index (χ1v) is 11.2. The van der Waals surface area contributed by atoms with Crippen molar-refractivity contribution < 1.29 is 23.1 Å². The molecule has 0 radical (unpaired) electrons. The zero-order valence-corrected chi connectivity index (χ0v) is 18.5. The number of alkyl halides is 2. The molecule has 178 valence electrons. The molecule has 3 N–H and O–H groups in total. The fraction of sp³-hybridized carbons (Fsp3) is 0.391. The third-order valence-electron chi connectivity index (χ3n) is 5.99. The quantitative estimate of drug-likeness (QED) is 0.476. The molecule has 9 nitrogen and oxygen atoms in total. The molecule has 0 spiro atoms. The minimum Gasteiger partial charge on any atom is -0.495 e. The molecule has 34 heavy (non-hydrogen) atoms. The van der Waals surface area contributed by atoms with Crippen LogP contribution in [0.1, 0.15) is 48.3 Å². The number of methoxy groups -OCH3 is 1. The molecule has 0 atom stereocenters. The Morgan fingerprint density at radius 2 is 1.91 bits per heavy atom. The van der Waals surface area contributed by atoms with Crippen LogP contribution in [0.2, 0.25) is 0 Å². The van der Waals surface area contributed by atoms with E-state index < -0.39 is 12.2 Å². The normalized spacial score (nSPS) is 15.7. The highest BCUT2D eigenvalue weighted by Crippen LogP contribution is 2.35. The summed E-state index contributed by atoms with van der Waals surface area (Å²) < 4.78 is 32.1. The second-order valence-corrected chi connectivity index (χ2v) is 8.48. The number of imidazole rings is 1. The monoisotopic (exact) mass is 470 g/mol. The number of carbonyl (C=O) groups is 2. The highest BCUT2D eigenvalue weighted by atomic mass is 19.3. The van der Waals surface area contributed by atoms with Gasteiger partial charge in [0.2, 0.25) is 5.91 Å². The average molecular weight is 470 g/mol. The first-order valence-electron chi connectivity index (χ1n) is 11.2. The van der Waals surface area contributed by atoms with Crippen molar-refractivity contribution in [3.63, 3.8) is 0 Å². The molecule has 2 aromatic heterocycles. The summed E-state index contributed by atoms with van der Waals surface area (Å²) in [4.78, 5) is 37.5. The van der Waals surface area contributed by atoms with Crippen LogP contribution < -0.4 is 15.4 Å². The largest absolute Gasteiger partial charge is 0.495 e. The molecule has 2 amide bonds. The smallest absolute Gasteiger partial charge is 0.295 e. The van der Waals surface area contributed by atoms with Gasteiger partial charge in [0.05, 0.1) is 18.5 Å². The summed E-state index contributed by atoms with van der Waals surface area (Å²) in [6.07, 6.45) is 0.809. The Bertz CT molecular complexity index is 1250. The van der Waals surface area contributed by atoms with Crippen molar-refractivity contribution in [1.29, 1.82) is 0 Å². The molecule has 5 rings (SSSR count). The summed E-state index contributed by atoms with van der Waals surface area (Å²) in [6, 6.07) is 6.57. The van der Waals surface area contributed by atoms with Crippen LogP contribution in [0.5, 0.6) is 5.75 Å². The maximum Gasteiger partial charge on any atom is 0.295 e. The lowest BCUT2D eigenvalue weighted by Crippen LogP contribution is -2.27. The molecule has 11 heteroatoms. The molecule has 0 unspecified atom stereocenters. The van der Waals surface area contributed by atoms with Gasteiger partial charge in [0.25, 0.3) is 12.3 Å². The van der Waals surface area contributed by atoms with E-state index in [1.165, 1.54) is 7.11 Å². The average Bonchev–Trinajstić information content (AvgIpc) is 3.35. The zero-order chi connectivity index (χ0) is 23.8. The first-order chi connectivity index (χ1) is 16.4. The molecule has 0 bridgehead atoms. The summed E-state index contributed by atoms with van der Waals surface area (Å²) >= 11 is 0. The number of hydrogen-bond acceptors (Lipinski definition) is 6. The van der Waals surface area contributed by atoms with Gasteiger partial charge in [-0.2, -0.15) is 0 Å². The number of aromatic amines is 1. The number of aromatic nitrogens is 3. The van der Waals surface area contributed by atoms with Crippen molar-refractivity contribution in [3.8, 4) is 5.75 Å². The van der Waals surface area contributed by atoms with Crippen molar-refractivity contribution in [2.45, 2.75) is 32.1 Å². The van der Waals surface area contributed by atoms with Crippen molar-refractivity contribution in [1.82, 2.24) is 19.9 Å². The number of nitrogens with zero attached hydrogens (tertiary/aromatic N) is 3. The summed E-state index contributed by atoms with van der Waals surface area (Å²) in [5, 5.41) is 5.88. The summed E-state index contributed by atoms with van der Waals surface area (Å²) in [6.45, 7) is 1.47. The van der Waals surface area contributed by atoms with E-state index in [-0.39, 0.29) is 34.7 Å². The number of ether oxygens (including phenoxy) is 1. The molecule has 2 aliphatic rings. The lowest BCUT2D eigenvalue weighted by Gasteiger charge is -2.17. The van der Waals surface area contributed by atoms with Crippen LogP contribution >= 0.6 is 0 Å². The number of anilines is 3. The van der Waals surface area contributed by atoms with Crippen LogP contribution in [-0.4, -0.2) is 51.9 Å². The minimum atomic E-state index is -2.81. The molecule has 1 saturated heterocycles. The highest BCUT2D eigenvalue weighted by molar-refractivity contribution is 5.98. The fourth-order valence-corrected chi connectivity index (χ4v) is 4.02. The lowest BCUT2D eigenvalue weighted by atomic mass is 10.1. The number of H-pyrrole nitrogens is 1. The van der Waals surface area contributed by atoms with Gasteiger partial charge < -0.3 is 25.3 Å². The van der Waals surface area contributed by atoms with Gasteiger partial charge in [0.15, 0.2) is 11.5 Å². The fourth-order valence-electron chi connectivity index (χ4n) is 4.02. The van der Waals surface area contributed by atoms with E-state index in [0.717, 1.165) is 38.8 Å². The lowest BCUT2D eigenvalue weighted by molar-refractivity contribution is -0.117. The number of halogens is 2. The predicted octanol–water partition coefficient (Wildman–Crippen LogP) is 4.23. The maximum atomic E-state index is 13.3. The highest BCUT2D eigenvalue weighted by Gasteiger charge is 2.30. The third kappa shape index (κ3) is 4.37. The second-order valence-electron chi connectivity index (χ2n) is 8.48. The molecule has 3 aromatic rings. The Balaban J connectivity index is 1.48. The number of amides is 2. The first kappa shape index (κ1) is 22.1. The van der Waals surface area contributed by atoms with E-state index in [1.807, 2.05) is 0 Å². The number of nitrogens with one attached hydrogen (secondary N) is 3. The van der Waals surface area contributed by atoms with Gasteiger partial charge in [-0.25, -0.2) is 18.7 Å². The predicted molar refractivity (Wildman–Crippen MR) is 122 cm³/mol. The van der Waals surface area contributed by atoms with Crippen molar-refractivity contribution >= 4 is 40.2 Å². The van der Waals surface area contributed by atoms with Gasteiger partial charge in [0, 0.05) is 30.6 Å². The van der Waals surface area contributed by atoms with E-state index in [2.05, 4.69) is 25.6 Å². The van der Waals surface area contributed by atoms with Crippen LogP contribution in [0.25, 0.3) is 11.2 Å². The van der Waals surface area contributed by atoms with Crippen LogP contribution in [0, 0.1) is 5.92 Å². The molecule has 1 aliphatic carbocycles. The molecule has 1 aromatic carbocycles. The van der Waals surface area contributed by atoms with E-state index in [4.69, 9.17) is 4.74 Å². The topological polar surface area (TPSA) is 112 Å². The van der Waals surface area contributed by atoms with E-state index in [9.17, 15) is 18.4 Å². The van der Waals surface area contributed by atoms with E-state index in [1.54, 1.807) is 29.2 Å². The van der Waals surface area contributed by atoms with E-state index in [0.29, 0.717) is 22.7 Å². The van der Waals surface area contributed by atoms with Crippen molar-refractivity contribution in [3.05, 3.63) is 35.7 Å². The third-order valence-corrected chi connectivity index (χ3v) is 5.99. The number of likely N-dealkylation sites (tertiary alicyclic amines) is 1. The standard InChI is InChI=1S/C23H24F2N6O3/c1-34-16-10-13(23(33)31-8-2-3-9-31)6-7-14(16)26-15-11-17(28-22(32)12-4-5-12)27-20-18(15)29-21(30-20)19(24)25/h6-7,10-12,19H,2-5,8-9H2,1H3,(H3,26,27,28,29,30,32). The summed E-state index contributed by atoms with van der Waals surface area (Å²) in [5.74, 6) is -0.163. The number of fused-ring (bicyclic) bond motifs is 1. The van der Waals surface area contributed by atoms with Gasteiger partial charge in [-0.3, -0.25) is 9.59 Å². The van der Waals surface area contributed by atoms with Crippen molar-refractivity contribution in [2.24, 2.45) is 5.92 Å². The molecule has 2 fully saturated rings. The Morgan fingerprint density at radius 1 is 1.15 bits per heavy atom. The van der Waals surface area contributed by atoms with Crippen LogP contribution in [0.4, 0.5) is 26.0 Å². The van der Waals surface area contributed by atoms with Crippen LogP contribution in [0.15, 0.2) is 24.3 Å². The van der Waals surface area contributed by atoms with Gasteiger partial charge in [-0.05, 0) is 43.9 Å². The molecule has 1 aliphatic heterocycles. The number of carbonyl (C=O) groups excluding carboxylic acids is 2. The Kier molecular flexibility index (Phi) is 5.76. The summed E-state index contributed by atoms with van der Waals surface area (Å²) in [5.41, 5.74) is 1.68. The van der Waals surface area contributed by atoms with Gasteiger partial charge >= 0.3 is 0 Å². The number of benzene rings is 1. The Labute approximate surface area is 193 Å². The number of rotatable bonds is 7. The summed E-state index contributed by atoms with van der Waals surface area (Å²) in [7, 11) is 1.48. The minimum absolute atomic E-state index is 0.0481. The molecular formula is C23H24F2N6O3. The molecule has 1 saturated carbocycles. The molecule has 3 heterocycles. The SMILES string of the molecule is COc1cc(C(=O)N2CCCC2)ccc1Nc1cc(NC(=O)C2CC2)nc2[nH]c(C(F)F)nc12. The van der Waals surface area contributed by atoms with E-state index >= 15 is 0 Å². The van der Waals surface area contributed by atoms with Gasteiger partial charge in [-0.15, -0.1) is 0 Å².